The van der Waals surface area contributed by atoms with Crippen molar-refractivity contribution in [3.63, 3.8) is 0 Å². The summed E-state index contributed by atoms with van der Waals surface area (Å²) in [5.41, 5.74) is 2.53. The maximum absolute atomic E-state index is 13.4. The predicted octanol–water partition coefficient (Wildman–Crippen LogP) is 3.77. The van der Waals surface area contributed by atoms with Crippen molar-refractivity contribution < 1.29 is 28.7 Å². The van der Waals surface area contributed by atoms with Gasteiger partial charge in [0.15, 0.2) is 5.78 Å². The van der Waals surface area contributed by atoms with Crippen LogP contribution in [0, 0.1) is 0 Å². The molecular formula is C34H42N8O6. The Morgan fingerprint density at radius 2 is 1.48 bits per heavy atom. The van der Waals surface area contributed by atoms with Gasteiger partial charge in [0.1, 0.15) is 23.2 Å². The Labute approximate surface area is 278 Å². The molecular weight excluding hydrogens is 616 g/mol. The number of Topliss-reactive ketones (excluding diaryl/α,β-unsaturated/α-hetero) is 1. The molecule has 0 saturated carbocycles. The van der Waals surface area contributed by atoms with Crippen LogP contribution >= 0.6 is 0 Å². The van der Waals surface area contributed by atoms with Gasteiger partial charge in [0.25, 0.3) is 0 Å². The van der Waals surface area contributed by atoms with E-state index in [0.29, 0.717) is 31.2 Å². The van der Waals surface area contributed by atoms with Gasteiger partial charge in [0.05, 0.1) is 50.1 Å². The fourth-order valence-electron chi connectivity index (χ4n) is 6.14. The molecule has 2 aliphatic heterocycles. The Morgan fingerprint density at radius 3 is 2.08 bits per heavy atom. The number of methoxy groups -OCH3 is 2. The lowest BCUT2D eigenvalue weighted by molar-refractivity contribution is -0.134. The van der Waals surface area contributed by atoms with E-state index < -0.39 is 29.8 Å². The van der Waals surface area contributed by atoms with E-state index in [1.165, 1.54) is 14.2 Å². The highest BCUT2D eigenvalue weighted by Crippen LogP contribution is 2.32. The summed E-state index contributed by atoms with van der Waals surface area (Å²) in [5, 5.41) is 8.40. The molecule has 0 unspecified atom stereocenters. The lowest BCUT2D eigenvalue weighted by atomic mass is 9.87. The van der Waals surface area contributed by atoms with Gasteiger partial charge in [-0.25, -0.2) is 19.6 Å². The molecule has 1 aromatic carbocycles. The summed E-state index contributed by atoms with van der Waals surface area (Å²) >= 11 is 0. The summed E-state index contributed by atoms with van der Waals surface area (Å²) in [6.07, 6.45) is 12.9. The molecule has 5 N–H and O–H groups in total. The van der Waals surface area contributed by atoms with Gasteiger partial charge in [-0.05, 0) is 69.4 Å². The van der Waals surface area contributed by atoms with Gasteiger partial charge in [-0.3, -0.25) is 14.9 Å². The zero-order chi connectivity index (χ0) is 34.3. The molecule has 254 valence electrons. The number of aromatic nitrogens is 4. The van der Waals surface area contributed by atoms with E-state index in [0.717, 1.165) is 41.8 Å². The van der Waals surface area contributed by atoms with Crippen molar-refractivity contribution >= 4 is 48.2 Å². The minimum Gasteiger partial charge on any atom is -0.453 e. The van der Waals surface area contributed by atoms with Crippen LogP contribution < -0.4 is 16.0 Å². The quantitative estimate of drug-likeness (QED) is 0.205. The van der Waals surface area contributed by atoms with Crippen LogP contribution in [0.25, 0.3) is 24.3 Å². The van der Waals surface area contributed by atoms with E-state index in [1.807, 2.05) is 48.6 Å². The molecule has 48 heavy (non-hydrogen) atoms. The first-order valence-corrected chi connectivity index (χ1v) is 16.0. The van der Waals surface area contributed by atoms with Gasteiger partial charge < -0.3 is 35.0 Å². The molecule has 2 aromatic heterocycles. The van der Waals surface area contributed by atoms with Crippen LogP contribution in [-0.4, -0.2) is 88.1 Å². The van der Waals surface area contributed by atoms with Crippen molar-refractivity contribution in [1.29, 1.82) is 0 Å². The van der Waals surface area contributed by atoms with Gasteiger partial charge in [-0.2, -0.15) is 0 Å². The Morgan fingerprint density at radius 1 is 0.875 bits per heavy atom. The number of nitrogens with zero attached hydrogens (tertiary/aromatic N) is 3. The molecule has 0 radical (unpaired) electrons. The monoisotopic (exact) mass is 658 g/mol. The molecule has 3 aromatic rings. The van der Waals surface area contributed by atoms with E-state index in [4.69, 9.17) is 0 Å². The number of imidazole rings is 2. The molecule has 14 nitrogen and oxygen atoms in total. The summed E-state index contributed by atoms with van der Waals surface area (Å²) in [4.78, 5) is 67.0. The van der Waals surface area contributed by atoms with Crippen molar-refractivity contribution in [2.24, 2.45) is 0 Å². The van der Waals surface area contributed by atoms with Crippen molar-refractivity contribution in [2.75, 3.05) is 27.3 Å². The molecule has 0 bridgehead atoms. The van der Waals surface area contributed by atoms with E-state index in [1.54, 1.807) is 31.1 Å². The second-order valence-corrected chi connectivity index (χ2v) is 11.9. The SMILES string of the molecule is COC(=O)N[C@@H](C)C(=O)N1CCC[C@H]1c1ncc(C=Cc2ccc(C=Cc3cnc([C@]4(C(=O)[C@H](C)NC(=O)OC)CCCN4)[nH]3)cc2)[nH]1. The summed E-state index contributed by atoms with van der Waals surface area (Å²) in [7, 11) is 2.52. The van der Waals surface area contributed by atoms with E-state index in [-0.39, 0.29) is 17.7 Å². The topological polar surface area (TPSA) is 183 Å². The Kier molecular flexibility index (Phi) is 10.7. The molecule has 4 heterocycles. The number of carbonyl (C=O) groups is 4. The number of hydrogen-bond acceptors (Lipinski definition) is 9. The van der Waals surface area contributed by atoms with Crippen LogP contribution in [0.5, 0.6) is 0 Å². The molecule has 4 atom stereocenters. The van der Waals surface area contributed by atoms with E-state index in [9.17, 15) is 19.2 Å². The standard InChI is InChI=1S/C34H42N8O6/c1-21(38-32(45)47-3)28(43)34(16-6-17-37-34)31-36-20-26(41-31)15-13-24-10-8-23(9-11-24)12-14-25-19-35-29(40-25)27-7-5-18-42(27)30(44)22(2)39-33(46)48-4/h8-15,19-22,27,37H,5-7,16-18H2,1-4H3,(H,35,40)(H,36,41)(H,38,45)(H,39,46)/t21-,22-,27-,34+/m0/s1. The minimum atomic E-state index is -1.01. The van der Waals surface area contributed by atoms with E-state index >= 15 is 0 Å². The molecule has 14 heteroatoms. The van der Waals surface area contributed by atoms with Gasteiger partial charge in [0.2, 0.25) is 5.91 Å². The van der Waals surface area contributed by atoms with Gasteiger partial charge in [0, 0.05) is 6.54 Å². The summed E-state index contributed by atoms with van der Waals surface area (Å²) < 4.78 is 9.27. The third kappa shape index (κ3) is 7.65. The maximum Gasteiger partial charge on any atom is 0.407 e. The normalized spacial score (nSPS) is 20.6. The molecule has 0 spiro atoms. The van der Waals surface area contributed by atoms with E-state index in [2.05, 4.69) is 45.4 Å². The lowest BCUT2D eigenvalue weighted by Crippen LogP contribution is -2.54. The summed E-state index contributed by atoms with van der Waals surface area (Å²) in [6.45, 7) is 4.54. The Hall–Kier alpha value is -5.24. The molecule has 0 aliphatic carbocycles. The molecule has 2 saturated heterocycles. The van der Waals surface area contributed by atoms with Crippen LogP contribution in [-0.2, 0) is 24.6 Å². The number of amides is 3. The highest BCUT2D eigenvalue weighted by Gasteiger charge is 2.47. The highest BCUT2D eigenvalue weighted by molar-refractivity contribution is 5.95. The number of ketones is 1. The van der Waals surface area contributed by atoms with Crippen LogP contribution in [0.1, 0.15) is 79.7 Å². The van der Waals surface area contributed by atoms with Gasteiger partial charge in [-0.1, -0.05) is 36.4 Å². The third-order valence-electron chi connectivity index (χ3n) is 8.69. The number of nitrogens with one attached hydrogen (secondary N) is 5. The Balaban J connectivity index is 1.19. The second-order valence-electron chi connectivity index (χ2n) is 11.9. The molecule has 2 aliphatic rings. The zero-order valence-electron chi connectivity index (χ0n) is 27.5. The van der Waals surface area contributed by atoms with Crippen molar-refractivity contribution in [3.8, 4) is 0 Å². The first-order chi connectivity index (χ1) is 23.1. The number of hydrogen-bond donors (Lipinski definition) is 5. The second kappa shape index (κ2) is 15.1. The molecule has 2 fully saturated rings. The maximum atomic E-state index is 13.4. The predicted molar refractivity (Wildman–Crippen MR) is 179 cm³/mol. The fraction of sp³-hybridized carbons (Fsp3) is 0.412. The number of alkyl carbamates (subject to hydrolysis) is 2. The minimum absolute atomic E-state index is 0.178. The smallest absolute Gasteiger partial charge is 0.407 e. The van der Waals surface area contributed by atoms with Crippen LogP contribution in [0.15, 0.2) is 36.7 Å². The Bertz CT molecular complexity index is 1670. The van der Waals surface area contributed by atoms with Crippen LogP contribution in [0.2, 0.25) is 0 Å². The van der Waals surface area contributed by atoms with Crippen molar-refractivity contribution in [2.45, 2.75) is 63.2 Å². The molecule has 3 amide bonds. The van der Waals surface area contributed by atoms with Crippen molar-refractivity contribution in [1.82, 2.24) is 40.8 Å². The van der Waals surface area contributed by atoms with Crippen LogP contribution in [0.3, 0.4) is 0 Å². The first-order valence-electron chi connectivity index (χ1n) is 16.0. The lowest BCUT2D eigenvalue weighted by Gasteiger charge is -2.28. The van der Waals surface area contributed by atoms with Gasteiger partial charge in [-0.15, -0.1) is 0 Å². The largest absolute Gasteiger partial charge is 0.453 e. The number of H-pyrrole nitrogens is 2. The number of likely N-dealkylation sites (tertiary alicyclic amines) is 1. The van der Waals surface area contributed by atoms with Crippen LogP contribution in [0.4, 0.5) is 9.59 Å². The summed E-state index contributed by atoms with van der Waals surface area (Å²) in [5.74, 6) is 0.867. The third-order valence-corrected chi connectivity index (χ3v) is 8.69. The van der Waals surface area contributed by atoms with Crippen molar-refractivity contribution in [3.05, 3.63) is 70.8 Å². The molecule has 5 rings (SSSR count). The zero-order valence-corrected chi connectivity index (χ0v) is 27.5. The number of ether oxygens (including phenoxy) is 2. The summed E-state index contributed by atoms with van der Waals surface area (Å²) in [6, 6.07) is 6.37. The highest BCUT2D eigenvalue weighted by atomic mass is 16.5. The first kappa shape index (κ1) is 34.1. The number of rotatable bonds is 11. The fourth-order valence-corrected chi connectivity index (χ4v) is 6.14. The number of benzene rings is 1. The average Bonchev–Trinajstić information content (AvgIpc) is 3.93. The average molecular weight is 659 g/mol. The number of carbonyl (C=O) groups excluding carboxylic acids is 4. The van der Waals surface area contributed by atoms with Gasteiger partial charge >= 0.3 is 12.2 Å². The number of aromatic amines is 2.